The zero-order valence-electron chi connectivity index (χ0n) is 9.33. The number of alkyl halides is 2. The van der Waals surface area contributed by atoms with E-state index in [0.29, 0.717) is 0 Å². The van der Waals surface area contributed by atoms with Crippen LogP contribution in [0, 0.1) is 5.82 Å². The summed E-state index contributed by atoms with van der Waals surface area (Å²) in [5.41, 5.74) is 0.782. The van der Waals surface area contributed by atoms with Crippen LogP contribution in [0.25, 0.3) is 0 Å². The van der Waals surface area contributed by atoms with E-state index in [1.54, 1.807) is 6.07 Å². The number of anilines is 1. The normalized spacial score (nSPS) is 15.6. The molecule has 1 fully saturated rings. The fraction of sp³-hybridized carbons (Fsp3) is 0.500. The number of halogens is 3. The van der Waals surface area contributed by atoms with E-state index in [4.69, 9.17) is 0 Å². The first-order valence-electron chi connectivity index (χ1n) is 5.62. The van der Waals surface area contributed by atoms with Gasteiger partial charge in [0.2, 0.25) is 0 Å². The molecule has 0 radical (unpaired) electrons. The number of ether oxygens (including phenoxy) is 1. The predicted molar refractivity (Wildman–Crippen MR) is 59.3 cm³/mol. The van der Waals surface area contributed by atoms with Crippen LogP contribution in [0.15, 0.2) is 18.2 Å². The second-order valence-electron chi connectivity index (χ2n) is 4.01. The zero-order valence-corrected chi connectivity index (χ0v) is 9.33. The van der Waals surface area contributed by atoms with Gasteiger partial charge in [0.15, 0.2) is 11.6 Å². The van der Waals surface area contributed by atoms with E-state index in [9.17, 15) is 13.2 Å². The molecule has 0 amide bonds. The highest BCUT2D eigenvalue weighted by atomic mass is 19.3. The lowest BCUT2D eigenvalue weighted by atomic mass is 10.2. The Morgan fingerprint density at radius 1 is 1.24 bits per heavy atom. The van der Waals surface area contributed by atoms with Gasteiger partial charge in [-0.25, -0.2) is 13.2 Å². The number of benzene rings is 1. The molecule has 1 saturated heterocycles. The third kappa shape index (κ3) is 3.05. The minimum absolute atomic E-state index is 0.117. The van der Waals surface area contributed by atoms with Crippen LogP contribution >= 0.6 is 0 Å². The molecule has 0 atom stereocenters. The smallest absolute Gasteiger partial charge is 0.272 e. The maximum Gasteiger partial charge on any atom is 0.272 e. The summed E-state index contributed by atoms with van der Waals surface area (Å²) in [6.45, 7) is 1.05. The first-order valence-corrected chi connectivity index (χ1v) is 5.62. The summed E-state index contributed by atoms with van der Waals surface area (Å²) < 4.78 is 42.1. The summed E-state index contributed by atoms with van der Waals surface area (Å²) >= 11 is 0. The largest absolute Gasteiger partial charge is 0.485 e. The summed E-state index contributed by atoms with van der Waals surface area (Å²) in [7, 11) is 0. The molecular formula is C12H14F3NO. The molecule has 94 valence electrons. The molecule has 17 heavy (non-hydrogen) atoms. The van der Waals surface area contributed by atoms with Crippen molar-refractivity contribution in [3.63, 3.8) is 0 Å². The number of hydrogen-bond donors (Lipinski definition) is 0. The van der Waals surface area contributed by atoms with Gasteiger partial charge in [0, 0.05) is 24.8 Å². The second-order valence-corrected chi connectivity index (χ2v) is 4.01. The van der Waals surface area contributed by atoms with Crippen LogP contribution in [-0.4, -0.2) is 26.1 Å². The van der Waals surface area contributed by atoms with E-state index in [1.165, 1.54) is 12.1 Å². The SMILES string of the molecule is Fc1cc(N2CCCC2)ccc1OCC(F)F. The second kappa shape index (κ2) is 5.29. The van der Waals surface area contributed by atoms with Crippen LogP contribution in [-0.2, 0) is 0 Å². The van der Waals surface area contributed by atoms with E-state index in [1.807, 2.05) is 0 Å². The summed E-state index contributed by atoms with van der Waals surface area (Å²) in [4.78, 5) is 2.07. The van der Waals surface area contributed by atoms with Gasteiger partial charge in [-0.1, -0.05) is 0 Å². The van der Waals surface area contributed by atoms with E-state index in [2.05, 4.69) is 9.64 Å². The molecule has 0 unspecified atom stereocenters. The molecule has 1 aliphatic rings. The highest BCUT2D eigenvalue weighted by molar-refractivity contribution is 5.50. The molecule has 1 aliphatic heterocycles. The summed E-state index contributed by atoms with van der Waals surface area (Å²) in [5.74, 6) is -0.705. The maximum absolute atomic E-state index is 13.6. The molecule has 0 saturated carbocycles. The highest BCUT2D eigenvalue weighted by Gasteiger charge is 2.15. The van der Waals surface area contributed by atoms with E-state index in [-0.39, 0.29) is 5.75 Å². The minimum atomic E-state index is -2.59. The summed E-state index contributed by atoms with van der Waals surface area (Å²) in [6.07, 6.45) is -0.385. The van der Waals surface area contributed by atoms with Gasteiger partial charge >= 0.3 is 0 Å². The van der Waals surface area contributed by atoms with Gasteiger partial charge in [-0.15, -0.1) is 0 Å². The molecule has 2 nitrogen and oxygen atoms in total. The number of hydrogen-bond acceptors (Lipinski definition) is 2. The molecule has 1 heterocycles. The molecule has 1 aromatic carbocycles. The van der Waals surface area contributed by atoms with Crippen molar-refractivity contribution in [1.82, 2.24) is 0 Å². The van der Waals surface area contributed by atoms with Crippen LogP contribution in [0.5, 0.6) is 5.75 Å². The van der Waals surface area contributed by atoms with Crippen molar-refractivity contribution < 1.29 is 17.9 Å². The Bertz CT molecular complexity index is 378. The Balaban J connectivity index is 2.05. The van der Waals surface area contributed by atoms with Crippen LogP contribution < -0.4 is 9.64 Å². The van der Waals surface area contributed by atoms with Crippen molar-refractivity contribution in [2.45, 2.75) is 19.3 Å². The van der Waals surface area contributed by atoms with Crippen LogP contribution in [0.2, 0.25) is 0 Å². The van der Waals surface area contributed by atoms with Crippen LogP contribution in [0.3, 0.4) is 0 Å². The van der Waals surface area contributed by atoms with Crippen molar-refractivity contribution in [2.24, 2.45) is 0 Å². The molecule has 0 aliphatic carbocycles. The number of rotatable bonds is 4. The van der Waals surface area contributed by atoms with Gasteiger partial charge in [0.05, 0.1) is 0 Å². The molecule has 2 rings (SSSR count). The highest BCUT2D eigenvalue weighted by Crippen LogP contribution is 2.26. The third-order valence-electron chi connectivity index (χ3n) is 2.75. The lowest BCUT2D eigenvalue weighted by Crippen LogP contribution is -2.17. The fourth-order valence-corrected chi connectivity index (χ4v) is 1.93. The van der Waals surface area contributed by atoms with Gasteiger partial charge in [0.25, 0.3) is 6.43 Å². The van der Waals surface area contributed by atoms with Crippen LogP contribution in [0.1, 0.15) is 12.8 Å². The van der Waals surface area contributed by atoms with Crippen molar-refractivity contribution in [3.05, 3.63) is 24.0 Å². The molecule has 0 spiro atoms. The standard InChI is InChI=1S/C12H14F3NO/c13-10-7-9(16-5-1-2-6-16)3-4-11(10)17-8-12(14)15/h3-4,7,12H,1-2,5-6,8H2. The van der Waals surface area contributed by atoms with E-state index < -0.39 is 18.8 Å². The Kier molecular flexibility index (Phi) is 3.76. The Morgan fingerprint density at radius 3 is 2.53 bits per heavy atom. The first kappa shape index (κ1) is 12.1. The maximum atomic E-state index is 13.6. The van der Waals surface area contributed by atoms with Gasteiger partial charge in [0.1, 0.15) is 6.61 Å². The summed E-state index contributed by atoms with van der Waals surface area (Å²) in [6, 6.07) is 4.45. The number of nitrogens with zero attached hydrogens (tertiary/aromatic N) is 1. The predicted octanol–water partition coefficient (Wildman–Crippen LogP) is 3.07. The van der Waals surface area contributed by atoms with Gasteiger partial charge < -0.3 is 9.64 Å². The lowest BCUT2D eigenvalue weighted by molar-refractivity contribution is 0.0799. The average molecular weight is 245 g/mol. The van der Waals surface area contributed by atoms with Gasteiger partial charge in [-0.2, -0.15) is 0 Å². The van der Waals surface area contributed by atoms with E-state index >= 15 is 0 Å². The molecule has 0 bridgehead atoms. The average Bonchev–Trinajstić information content (AvgIpc) is 2.80. The van der Waals surface area contributed by atoms with Crippen molar-refractivity contribution >= 4 is 5.69 Å². The van der Waals surface area contributed by atoms with Crippen molar-refractivity contribution in [2.75, 3.05) is 24.6 Å². The van der Waals surface area contributed by atoms with Crippen molar-refractivity contribution in [1.29, 1.82) is 0 Å². The molecule has 1 aromatic rings. The van der Waals surface area contributed by atoms with Crippen LogP contribution in [0.4, 0.5) is 18.9 Å². The molecule has 5 heteroatoms. The zero-order chi connectivity index (χ0) is 12.3. The van der Waals surface area contributed by atoms with Gasteiger partial charge in [-0.05, 0) is 25.0 Å². The Labute approximate surface area is 98.0 Å². The molecular weight excluding hydrogens is 231 g/mol. The lowest BCUT2D eigenvalue weighted by Gasteiger charge is -2.18. The monoisotopic (exact) mass is 245 g/mol. The van der Waals surface area contributed by atoms with E-state index in [0.717, 1.165) is 31.6 Å². The Hall–Kier alpha value is -1.39. The summed E-state index contributed by atoms with van der Waals surface area (Å²) in [5, 5.41) is 0. The quantitative estimate of drug-likeness (QED) is 0.808. The third-order valence-corrected chi connectivity index (χ3v) is 2.75. The minimum Gasteiger partial charge on any atom is -0.485 e. The Morgan fingerprint density at radius 2 is 1.94 bits per heavy atom. The fourth-order valence-electron chi connectivity index (χ4n) is 1.93. The topological polar surface area (TPSA) is 12.5 Å². The molecule has 0 N–H and O–H groups in total. The molecule has 0 aromatic heterocycles. The van der Waals surface area contributed by atoms with Crippen molar-refractivity contribution in [3.8, 4) is 5.75 Å². The first-order chi connectivity index (χ1) is 8.16. The van der Waals surface area contributed by atoms with Gasteiger partial charge in [-0.3, -0.25) is 0 Å².